The number of benzene rings is 3. The Morgan fingerprint density at radius 1 is 1.06 bits per heavy atom. The van der Waals surface area contributed by atoms with Crippen LogP contribution >= 0.6 is 15.9 Å². The van der Waals surface area contributed by atoms with Crippen molar-refractivity contribution in [2.75, 3.05) is 30.5 Å². The molecular formula is C26H25BrN2O5. The molecule has 0 radical (unpaired) electrons. The van der Waals surface area contributed by atoms with Crippen LogP contribution in [0.3, 0.4) is 0 Å². The monoisotopic (exact) mass is 524 g/mol. The van der Waals surface area contributed by atoms with Gasteiger partial charge in [0.2, 0.25) is 5.91 Å². The van der Waals surface area contributed by atoms with Gasteiger partial charge in [0.15, 0.2) is 6.61 Å². The van der Waals surface area contributed by atoms with Gasteiger partial charge in [-0.15, -0.1) is 0 Å². The minimum Gasteiger partial charge on any atom is -0.497 e. The highest BCUT2D eigenvalue weighted by atomic mass is 79.9. The molecule has 0 aromatic heterocycles. The number of nitrogens with zero attached hydrogens (tertiary/aromatic N) is 1. The molecular weight excluding hydrogens is 500 g/mol. The van der Waals surface area contributed by atoms with Crippen molar-refractivity contribution in [3.8, 4) is 17.2 Å². The largest absolute Gasteiger partial charge is 0.497 e. The molecule has 2 amide bonds. The highest BCUT2D eigenvalue weighted by molar-refractivity contribution is 9.10. The molecule has 0 atom stereocenters. The van der Waals surface area contributed by atoms with Gasteiger partial charge in [0.25, 0.3) is 5.91 Å². The molecule has 0 spiro atoms. The number of carbonyl (C=O) groups is 2. The van der Waals surface area contributed by atoms with Crippen LogP contribution in [-0.4, -0.2) is 32.1 Å². The Labute approximate surface area is 206 Å². The van der Waals surface area contributed by atoms with Crippen LogP contribution in [0.2, 0.25) is 0 Å². The number of nitrogens with one attached hydrogen (secondary N) is 1. The average molecular weight is 525 g/mol. The molecule has 8 heteroatoms. The molecule has 0 fully saturated rings. The molecule has 1 aliphatic rings. The fourth-order valence-electron chi connectivity index (χ4n) is 3.54. The second-order valence-corrected chi connectivity index (χ2v) is 8.67. The van der Waals surface area contributed by atoms with E-state index in [0.29, 0.717) is 43.1 Å². The summed E-state index contributed by atoms with van der Waals surface area (Å²) in [6.45, 7) is 0.833. The maximum atomic E-state index is 12.6. The lowest BCUT2D eigenvalue weighted by molar-refractivity contribution is -0.121. The lowest BCUT2D eigenvalue weighted by Crippen LogP contribution is -2.38. The van der Waals surface area contributed by atoms with Crippen molar-refractivity contribution in [3.05, 3.63) is 76.8 Å². The van der Waals surface area contributed by atoms with E-state index in [-0.39, 0.29) is 18.4 Å². The molecule has 0 unspecified atom stereocenters. The van der Waals surface area contributed by atoms with Gasteiger partial charge < -0.3 is 24.4 Å². The van der Waals surface area contributed by atoms with Crippen LogP contribution in [0.25, 0.3) is 0 Å². The van der Waals surface area contributed by atoms with Gasteiger partial charge in [-0.1, -0.05) is 28.1 Å². The Balaban J connectivity index is 1.33. The lowest BCUT2D eigenvalue weighted by atomic mass is 10.1. The molecule has 0 aliphatic carbocycles. The first-order valence-electron chi connectivity index (χ1n) is 10.9. The molecule has 34 heavy (non-hydrogen) atoms. The van der Waals surface area contributed by atoms with E-state index in [1.54, 1.807) is 30.2 Å². The van der Waals surface area contributed by atoms with Gasteiger partial charge in [-0.3, -0.25) is 9.59 Å². The van der Waals surface area contributed by atoms with E-state index in [9.17, 15) is 9.59 Å². The molecule has 0 saturated carbocycles. The molecule has 1 N–H and O–H groups in total. The standard InChI is InChI=1S/C26H25BrN2O5/c1-32-21-9-11-22(12-10-21)33-14-2-3-25(30)28-20-8-13-24-23(15-20)29(26(31)17-34-24)16-18-4-6-19(27)7-5-18/h4-13,15H,2-3,14,16-17H2,1H3,(H,28,30). The van der Waals surface area contributed by atoms with E-state index >= 15 is 0 Å². The number of hydrogen-bond acceptors (Lipinski definition) is 5. The third-order valence-electron chi connectivity index (χ3n) is 5.32. The molecule has 7 nitrogen and oxygen atoms in total. The summed E-state index contributed by atoms with van der Waals surface area (Å²) in [5.74, 6) is 1.85. The summed E-state index contributed by atoms with van der Waals surface area (Å²) in [5.41, 5.74) is 2.24. The molecule has 1 heterocycles. The smallest absolute Gasteiger partial charge is 0.265 e. The summed E-state index contributed by atoms with van der Waals surface area (Å²) >= 11 is 3.43. The first-order chi connectivity index (χ1) is 16.5. The Bertz CT molecular complexity index is 1150. The Morgan fingerprint density at radius 2 is 1.79 bits per heavy atom. The summed E-state index contributed by atoms with van der Waals surface area (Å²) in [7, 11) is 1.61. The number of rotatable bonds is 9. The van der Waals surface area contributed by atoms with Crippen LogP contribution in [0.4, 0.5) is 11.4 Å². The first-order valence-corrected chi connectivity index (χ1v) is 11.7. The highest BCUT2D eigenvalue weighted by Crippen LogP contribution is 2.35. The average Bonchev–Trinajstić information content (AvgIpc) is 2.85. The number of halogens is 1. The number of ether oxygens (including phenoxy) is 3. The summed E-state index contributed by atoms with van der Waals surface area (Å²) in [6, 6.07) is 20.4. The van der Waals surface area contributed by atoms with Crippen molar-refractivity contribution >= 4 is 39.1 Å². The number of carbonyl (C=O) groups excluding carboxylic acids is 2. The summed E-state index contributed by atoms with van der Waals surface area (Å²) < 4.78 is 17.4. The van der Waals surface area contributed by atoms with Crippen LogP contribution in [0.1, 0.15) is 18.4 Å². The number of methoxy groups -OCH3 is 1. The fourth-order valence-corrected chi connectivity index (χ4v) is 3.81. The zero-order valence-corrected chi connectivity index (χ0v) is 20.3. The first kappa shape index (κ1) is 23.6. The maximum absolute atomic E-state index is 12.6. The minimum absolute atomic E-state index is 0.0105. The summed E-state index contributed by atoms with van der Waals surface area (Å²) in [4.78, 5) is 26.7. The van der Waals surface area contributed by atoms with Gasteiger partial charge in [0, 0.05) is 16.6 Å². The van der Waals surface area contributed by atoms with Crippen LogP contribution in [0.5, 0.6) is 17.2 Å². The van der Waals surface area contributed by atoms with Crippen molar-refractivity contribution < 1.29 is 23.8 Å². The van der Waals surface area contributed by atoms with Gasteiger partial charge in [-0.25, -0.2) is 0 Å². The molecule has 3 aromatic carbocycles. The van der Waals surface area contributed by atoms with Crippen molar-refractivity contribution in [2.45, 2.75) is 19.4 Å². The summed E-state index contributed by atoms with van der Waals surface area (Å²) in [5, 5.41) is 2.90. The van der Waals surface area contributed by atoms with Crippen molar-refractivity contribution in [1.82, 2.24) is 0 Å². The molecule has 0 bridgehead atoms. The minimum atomic E-state index is -0.130. The van der Waals surface area contributed by atoms with Crippen LogP contribution < -0.4 is 24.4 Å². The van der Waals surface area contributed by atoms with E-state index in [1.807, 2.05) is 48.5 Å². The van der Waals surface area contributed by atoms with Crippen LogP contribution in [-0.2, 0) is 16.1 Å². The molecule has 3 aromatic rings. The highest BCUT2D eigenvalue weighted by Gasteiger charge is 2.26. The van der Waals surface area contributed by atoms with Crippen molar-refractivity contribution in [2.24, 2.45) is 0 Å². The zero-order valence-electron chi connectivity index (χ0n) is 18.8. The predicted molar refractivity (Wildman–Crippen MR) is 134 cm³/mol. The normalized spacial score (nSPS) is 12.5. The Kier molecular flexibility index (Phi) is 7.69. The lowest BCUT2D eigenvalue weighted by Gasteiger charge is -2.30. The number of fused-ring (bicyclic) bond motifs is 1. The Morgan fingerprint density at radius 3 is 2.53 bits per heavy atom. The van der Waals surface area contributed by atoms with Crippen LogP contribution in [0, 0.1) is 0 Å². The molecule has 0 saturated heterocycles. The van der Waals surface area contributed by atoms with E-state index in [2.05, 4.69) is 21.2 Å². The second kappa shape index (κ2) is 11.1. The van der Waals surface area contributed by atoms with E-state index in [4.69, 9.17) is 14.2 Å². The molecule has 1 aliphatic heterocycles. The third-order valence-corrected chi connectivity index (χ3v) is 5.84. The molecule has 4 rings (SSSR count). The zero-order chi connectivity index (χ0) is 23.9. The van der Waals surface area contributed by atoms with Gasteiger partial charge in [-0.05, 0) is 66.6 Å². The quantitative estimate of drug-likeness (QED) is 0.390. The fraction of sp³-hybridized carbons (Fsp3) is 0.231. The van der Waals surface area contributed by atoms with Crippen LogP contribution in [0.15, 0.2) is 71.2 Å². The van der Waals surface area contributed by atoms with Gasteiger partial charge in [-0.2, -0.15) is 0 Å². The van der Waals surface area contributed by atoms with Gasteiger partial charge >= 0.3 is 0 Å². The topological polar surface area (TPSA) is 77.1 Å². The van der Waals surface area contributed by atoms with E-state index < -0.39 is 0 Å². The maximum Gasteiger partial charge on any atom is 0.265 e. The number of anilines is 2. The van der Waals surface area contributed by atoms with E-state index in [1.165, 1.54) is 0 Å². The summed E-state index contributed by atoms with van der Waals surface area (Å²) in [6.07, 6.45) is 0.880. The number of hydrogen-bond donors (Lipinski definition) is 1. The van der Waals surface area contributed by atoms with E-state index in [0.717, 1.165) is 21.5 Å². The Hall–Kier alpha value is -3.52. The second-order valence-electron chi connectivity index (χ2n) is 7.75. The van der Waals surface area contributed by atoms with Gasteiger partial charge in [0.05, 0.1) is 25.9 Å². The van der Waals surface area contributed by atoms with Gasteiger partial charge in [0.1, 0.15) is 17.2 Å². The SMILES string of the molecule is COc1ccc(OCCCC(=O)Nc2ccc3c(c2)N(Cc2ccc(Br)cc2)C(=O)CO3)cc1. The van der Waals surface area contributed by atoms with Crippen molar-refractivity contribution in [3.63, 3.8) is 0 Å². The molecule has 176 valence electrons. The number of amides is 2. The van der Waals surface area contributed by atoms with Crippen molar-refractivity contribution in [1.29, 1.82) is 0 Å². The third kappa shape index (κ3) is 6.08. The predicted octanol–water partition coefficient (Wildman–Crippen LogP) is 5.18.